The SMILES string of the molecule is COC(C)CS(=O)(=O)NCC1(N)CCCCCC1. The van der Waals surface area contributed by atoms with Crippen LogP contribution in [-0.2, 0) is 14.8 Å². The predicted molar refractivity (Wildman–Crippen MR) is 72.9 cm³/mol. The first-order valence-corrected chi connectivity index (χ1v) is 8.31. The van der Waals surface area contributed by atoms with Gasteiger partial charge in [-0.2, -0.15) is 0 Å². The predicted octanol–water partition coefficient (Wildman–Crippen LogP) is 0.992. The average Bonchev–Trinajstić information content (AvgIpc) is 2.52. The molecule has 0 saturated heterocycles. The molecule has 1 saturated carbocycles. The monoisotopic (exact) mass is 278 g/mol. The van der Waals surface area contributed by atoms with Crippen molar-refractivity contribution in [1.82, 2.24) is 4.72 Å². The molecule has 18 heavy (non-hydrogen) atoms. The van der Waals surface area contributed by atoms with Crippen LogP contribution >= 0.6 is 0 Å². The fraction of sp³-hybridized carbons (Fsp3) is 1.00. The van der Waals surface area contributed by atoms with Gasteiger partial charge in [0, 0.05) is 19.2 Å². The Bertz CT molecular complexity index is 335. The number of rotatable bonds is 6. The van der Waals surface area contributed by atoms with Crippen LogP contribution in [0.25, 0.3) is 0 Å². The van der Waals surface area contributed by atoms with Crippen LogP contribution in [0.1, 0.15) is 45.4 Å². The highest BCUT2D eigenvalue weighted by molar-refractivity contribution is 7.89. The van der Waals surface area contributed by atoms with Gasteiger partial charge in [-0.25, -0.2) is 13.1 Å². The normalized spacial score (nSPS) is 22.4. The summed E-state index contributed by atoms with van der Waals surface area (Å²) < 4.78 is 31.3. The lowest BCUT2D eigenvalue weighted by atomic mass is 9.92. The summed E-state index contributed by atoms with van der Waals surface area (Å²) in [7, 11) is -1.79. The smallest absolute Gasteiger partial charge is 0.214 e. The van der Waals surface area contributed by atoms with E-state index in [4.69, 9.17) is 10.5 Å². The molecular weight excluding hydrogens is 252 g/mol. The Morgan fingerprint density at radius 3 is 2.33 bits per heavy atom. The second-order valence-electron chi connectivity index (χ2n) is 5.43. The number of methoxy groups -OCH3 is 1. The van der Waals surface area contributed by atoms with E-state index >= 15 is 0 Å². The number of nitrogens with two attached hydrogens (primary N) is 1. The highest BCUT2D eigenvalue weighted by Crippen LogP contribution is 2.24. The summed E-state index contributed by atoms with van der Waals surface area (Å²) in [5.74, 6) is -0.0143. The van der Waals surface area contributed by atoms with Gasteiger partial charge >= 0.3 is 0 Å². The van der Waals surface area contributed by atoms with Gasteiger partial charge in [0.1, 0.15) is 0 Å². The molecule has 1 fully saturated rings. The summed E-state index contributed by atoms with van der Waals surface area (Å²) in [5.41, 5.74) is 5.90. The van der Waals surface area contributed by atoms with Gasteiger partial charge in [-0.1, -0.05) is 25.7 Å². The summed E-state index contributed by atoms with van der Waals surface area (Å²) in [4.78, 5) is 0. The van der Waals surface area contributed by atoms with Gasteiger partial charge in [0.05, 0.1) is 11.9 Å². The second kappa shape index (κ2) is 6.84. The van der Waals surface area contributed by atoms with Crippen LogP contribution < -0.4 is 10.5 Å². The van der Waals surface area contributed by atoms with Crippen molar-refractivity contribution in [2.24, 2.45) is 5.73 Å². The van der Waals surface area contributed by atoms with Crippen molar-refractivity contribution >= 4 is 10.0 Å². The maximum atomic E-state index is 11.8. The molecule has 0 heterocycles. The van der Waals surface area contributed by atoms with Crippen molar-refractivity contribution < 1.29 is 13.2 Å². The zero-order valence-corrected chi connectivity index (χ0v) is 12.3. The van der Waals surface area contributed by atoms with Crippen molar-refractivity contribution in [3.8, 4) is 0 Å². The van der Waals surface area contributed by atoms with Crippen LogP contribution in [0.15, 0.2) is 0 Å². The number of ether oxygens (including phenoxy) is 1. The van der Waals surface area contributed by atoms with Crippen LogP contribution in [0.3, 0.4) is 0 Å². The van der Waals surface area contributed by atoms with Gasteiger partial charge in [-0.05, 0) is 19.8 Å². The van der Waals surface area contributed by atoms with Crippen LogP contribution in [0.4, 0.5) is 0 Å². The van der Waals surface area contributed by atoms with E-state index in [1.165, 1.54) is 20.0 Å². The van der Waals surface area contributed by atoms with Crippen molar-refractivity contribution in [1.29, 1.82) is 0 Å². The molecule has 0 bridgehead atoms. The topological polar surface area (TPSA) is 81.4 Å². The Morgan fingerprint density at radius 1 is 1.28 bits per heavy atom. The zero-order chi connectivity index (χ0) is 13.6. The van der Waals surface area contributed by atoms with Gasteiger partial charge in [0.25, 0.3) is 0 Å². The third kappa shape index (κ3) is 5.65. The molecular formula is C12H26N2O3S. The van der Waals surface area contributed by atoms with Crippen LogP contribution in [0.5, 0.6) is 0 Å². The van der Waals surface area contributed by atoms with Gasteiger partial charge in [0.15, 0.2) is 0 Å². The van der Waals surface area contributed by atoms with Gasteiger partial charge in [-0.3, -0.25) is 0 Å². The van der Waals surface area contributed by atoms with E-state index < -0.39 is 10.0 Å². The Kier molecular flexibility index (Phi) is 6.04. The molecule has 0 amide bonds. The summed E-state index contributed by atoms with van der Waals surface area (Å²) in [6, 6.07) is 0. The van der Waals surface area contributed by atoms with Crippen molar-refractivity contribution in [2.75, 3.05) is 19.4 Å². The molecule has 5 nitrogen and oxygen atoms in total. The molecule has 1 rings (SSSR count). The second-order valence-corrected chi connectivity index (χ2v) is 7.28. The summed E-state index contributed by atoms with van der Waals surface area (Å²) in [5, 5.41) is 0. The molecule has 1 unspecified atom stereocenters. The first-order valence-electron chi connectivity index (χ1n) is 6.66. The zero-order valence-electron chi connectivity index (χ0n) is 11.4. The van der Waals surface area contributed by atoms with E-state index in [0.717, 1.165) is 25.7 Å². The van der Waals surface area contributed by atoms with E-state index in [1.54, 1.807) is 6.92 Å². The molecule has 1 aliphatic carbocycles. The molecule has 0 spiro atoms. The molecule has 3 N–H and O–H groups in total. The number of nitrogens with one attached hydrogen (secondary N) is 1. The Hall–Kier alpha value is -0.170. The number of sulfonamides is 1. The lowest BCUT2D eigenvalue weighted by Crippen LogP contribution is -2.50. The third-order valence-electron chi connectivity index (χ3n) is 3.60. The minimum atomic E-state index is -3.30. The average molecular weight is 278 g/mol. The van der Waals surface area contributed by atoms with E-state index in [2.05, 4.69) is 4.72 Å². The maximum Gasteiger partial charge on any atom is 0.214 e. The molecule has 1 atom stereocenters. The molecule has 6 heteroatoms. The number of hydrogen-bond donors (Lipinski definition) is 2. The first kappa shape index (κ1) is 15.9. The maximum absolute atomic E-state index is 11.8. The van der Waals surface area contributed by atoms with Crippen molar-refractivity contribution in [3.63, 3.8) is 0 Å². The van der Waals surface area contributed by atoms with Crippen molar-refractivity contribution in [3.05, 3.63) is 0 Å². The lowest BCUT2D eigenvalue weighted by molar-refractivity contribution is 0.136. The molecule has 0 aromatic heterocycles. The van der Waals surface area contributed by atoms with Crippen LogP contribution in [0.2, 0.25) is 0 Å². The summed E-state index contributed by atoms with van der Waals surface area (Å²) >= 11 is 0. The quantitative estimate of drug-likeness (QED) is 0.710. The molecule has 0 aromatic rings. The largest absolute Gasteiger partial charge is 0.381 e. The number of hydrogen-bond acceptors (Lipinski definition) is 4. The van der Waals surface area contributed by atoms with E-state index in [9.17, 15) is 8.42 Å². The summed E-state index contributed by atoms with van der Waals surface area (Å²) in [6.07, 6.45) is 6.08. The standard InChI is InChI=1S/C12H26N2O3S/c1-11(17-2)9-18(15,16)14-10-12(13)7-5-3-4-6-8-12/h11,14H,3-10,13H2,1-2H3. The highest BCUT2D eigenvalue weighted by Gasteiger charge is 2.28. The molecule has 0 radical (unpaired) electrons. The fourth-order valence-corrected chi connectivity index (χ4v) is 3.68. The van der Waals surface area contributed by atoms with E-state index in [-0.39, 0.29) is 17.4 Å². The van der Waals surface area contributed by atoms with Crippen molar-refractivity contribution in [2.45, 2.75) is 57.1 Å². The Morgan fingerprint density at radius 2 is 1.83 bits per heavy atom. The molecule has 108 valence electrons. The molecule has 1 aliphatic rings. The minimum Gasteiger partial charge on any atom is -0.381 e. The van der Waals surface area contributed by atoms with Gasteiger partial charge < -0.3 is 10.5 Å². The Balaban J connectivity index is 2.47. The van der Waals surface area contributed by atoms with Crippen LogP contribution in [-0.4, -0.2) is 39.5 Å². The van der Waals surface area contributed by atoms with E-state index in [0.29, 0.717) is 6.54 Å². The fourth-order valence-electron chi connectivity index (χ4n) is 2.30. The molecule has 0 aliphatic heterocycles. The van der Waals surface area contributed by atoms with Crippen LogP contribution in [0, 0.1) is 0 Å². The Labute approximate surface area is 111 Å². The first-order chi connectivity index (χ1) is 8.37. The highest BCUT2D eigenvalue weighted by atomic mass is 32.2. The van der Waals surface area contributed by atoms with E-state index in [1.807, 2.05) is 0 Å². The summed E-state index contributed by atoms with van der Waals surface area (Å²) in [6.45, 7) is 2.08. The minimum absolute atomic E-state index is 0.0143. The third-order valence-corrected chi connectivity index (χ3v) is 5.09. The van der Waals surface area contributed by atoms with Gasteiger partial charge in [-0.15, -0.1) is 0 Å². The van der Waals surface area contributed by atoms with Gasteiger partial charge in [0.2, 0.25) is 10.0 Å². The molecule has 0 aromatic carbocycles. The lowest BCUT2D eigenvalue weighted by Gasteiger charge is -2.28.